The van der Waals surface area contributed by atoms with Crippen molar-refractivity contribution in [1.82, 2.24) is 0 Å². The fraction of sp³-hybridized carbons (Fsp3) is 0.727. The average molecular weight is 228 g/mol. The fourth-order valence-corrected chi connectivity index (χ4v) is 2.30. The minimum atomic E-state index is -0.951. The third kappa shape index (κ3) is 2.08. The molecule has 5 nitrogen and oxygen atoms in total. The summed E-state index contributed by atoms with van der Waals surface area (Å²) >= 11 is 0. The van der Waals surface area contributed by atoms with Gasteiger partial charge < -0.3 is 9.84 Å². The molecule has 1 unspecified atom stereocenters. The highest BCUT2D eigenvalue weighted by molar-refractivity contribution is 5.86. The van der Waals surface area contributed by atoms with Crippen molar-refractivity contribution in [2.45, 2.75) is 33.8 Å². The lowest BCUT2D eigenvalue weighted by Crippen LogP contribution is -2.29. The van der Waals surface area contributed by atoms with E-state index in [0.29, 0.717) is 0 Å². The maximum Gasteiger partial charge on any atom is 0.307 e. The van der Waals surface area contributed by atoms with Crippen molar-refractivity contribution in [3.63, 3.8) is 0 Å². The topological polar surface area (TPSA) is 80.7 Å². The summed E-state index contributed by atoms with van der Waals surface area (Å²) in [5, 5.41) is 8.97. The number of carbonyl (C=O) groups is 3. The van der Waals surface area contributed by atoms with E-state index in [-0.39, 0.29) is 5.78 Å². The van der Waals surface area contributed by atoms with Crippen LogP contribution in [0.1, 0.15) is 27.7 Å². The molecule has 0 bridgehead atoms. The van der Waals surface area contributed by atoms with Crippen LogP contribution in [0.3, 0.4) is 0 Å². The van der Waals surface area contributed by atoms with Gasteiger partial charge in [-0.3, -0.25) is 14.4 Å². The zero-order chi connectivity index (χ0) is 12.7. The monoisotopic (exact) mass is 228 g/mol. The standard InChI is InChI=1S/C11H16O5/c1-5(12)9(16-6(2)13)7-8(10(14)15)11(7,3)4/h7-9H,1-4H3,(H,14,15)/t7-,8+,9?/m1/s1. The number of aliphatic carboxylic acids is 1. The third-order valence-corrected chi connectivity index (χ3v) is 3.20. The Morgan fingerprint density at radius 2 is 1.75 bits per heavy atom. The first kappa shape index (κ1) is 12.7. The Labute approximate surface area is 93.8 Å². The molecule has 0 aliphatic heterocycles. The van der Waals surface area contributed by atoms with Gasteiger partial charge in [0.2, 0.25) is 0 Å². The molecule has 1 N–H and O–H groups in total. The zero-order valence-corrected chi connectivity index (χ0v) is 9.81. The second kappa shape index (κ2) is 3.88. The van der Waals surface area contributed by atoms with Crippen molar-refractivity contribution in [3.8, 4) is 0 Å². The van der Waals surface area contributed by atoms with Crippen molar-refractivity contribution >= 4 is 17.7 Å². The fourth-order valence-electron chi connectivity index (χ4n) is 2.30. The molecule has 0 spiro atoms. The lowest BCUT2D eigenvalue weighted by molar-refractivity contribution is -0.155. The zero-order valence-electron chi connectivity index (χ0n) is 9.81. The van der Waals surface area contributed by atoms with E-state index >= 15 is 0 Å². The van der Waals surface area contributed by atoms with Gasteiger partial charge in [0.1, 0.15) is 0 Å². The van der Waals surface area contributed by atoms with Crippen LogP contribution >= 0.6 is 0 Å². The molecule has 0 aromatic carbocycles. The largest absolute Gasteiger partial charge is 0.481 e. The average Bonchev–Trinajstić information content (AvgIpc) is 2.63. The lowest BCUT2D eigenvalue weighted by Gasteiger charge is -2.14. The summed E-state index contributed by atoms with van der Waals surface area (Å²) in [5.74, 6) is -2.87. The number of ketones is 1. The van der Waals surface area contributed by atoms with Crippen LogP contribution in [0.25, 0.3) is 0 Å². The maximum absolute atomic E-state index is 11.3. The number of rotatable bonds is 4. The second-order valence-electron chi connectivity index (χ2n) is 4.80. The molecule has 0 radical (unpaired) electrons. The summed E-state index contributed by atoms with van der Waals surface area (Å²) < 4.78 is 4.90. The van der Waals surface area contributed by atoms with Gasteiger partial charge in [0, 0.05) is 12.8 Å². The van der Waals surface area contributed by atoms with Crippen molar-refractivity contribution in [1.29, 1.82) is 0 Å². The van der Waals surface area contributed by atoms with Gasteiger partial charge in [-0.1, -0.05) is 13.8 Å². The smallest absolute Gasteiger partial charge is 0.307 e. The van der Waals surface area contributed by atoms with E-state index in [0.717, 1.165) is 0 Å². The van der Waals surface area contributed by atoms with E-state index in [2.05, 4.69) is 0 Å². The van der Waals surface area contributed by atoms with Crippen LogP contribution in [0, 0.1) is 17.3 Å². The van der Waals surface area contributed by atoms with E-state index in [9.17, 15) is 14.4 Å². The predicted molar refractivity (Wildman–Crippen MR) is 54.6 cm³/mol. The van der Waals surface area contributed by atoms with Crippen molar-refractivity contribution in [3.05, 3.63) is 0 Å². The van der Waals surface area contributed by atoms with Gasteiger partial charge in [0.25, 0.3) is 0 Å². The van der Waals surface area contributed by atoms with Crippen LogP contribution in [0.15, 0.2) is 0 Å². The summed E-state index contributed by atoms with van der Waals surface area (Å²) in [5.41, 5.74) is -0.502. The highest BCUT2D eigenvalue weighted by Gasteiger charge is 2.67. The Hall–Kier alpha value is -1.39. The Morgan fingerprint density at radius 3 is 2.00 bits per heavy atom. The van der Waals surface area contributed by atoms with Gasteiger partial charge in [0.15, 0.2) is 11.9 Å². The van der Waals surface area contributed by atoms with Gasteiger partial charge in [-0.15, -0.1) is 0 Å². The molecule has 3 atom stereocenters. The molecule has 0 saturated heterocycles. The minimum Gasteiger partial charge on any atom is -0.481 e. The lowest BCUT2D eigenvalue weighted by atomic mass is 10.0. The molecule has 0 aromatic heterocycles. The number of hydrogen-bond donors (Lipinski definition) is 1. The molecular weight excluding hydrogens is 212 g/mol. The van der Waals surface area contributed by atoms with Crippen LogP contribution in [-0.2, 0) is 19.1 Å². The van der Waals surface area contributed by atoms with Gasteiger partial charge >= 0.3 is 11.9 Å². The van der Waals surface area contributed by atoms with Crippen LogP contribution < -0.4 is 0 Å². The first-order valence-corrected chi connectivity index (χ1v) is 5.10. The molecule has 1 aliphatic carbocycles. The number of hydrogen-bond acceptors (Lipinski definition) is 4. The molecule has 1 fully saturated rings. The highest BCUT2D eigenvalue weighted by atomic mass is 16.5. The van der Waals surface area contributed by atoms with E-state index in [1.54, 1.807) is 13.8 Å². The van der Waals surface area contributed by atoms with E-state index < -0.39 is 35.3 Å². The van der Waals surface area contributed by atoms with Gasteiger partial charge in [-0.05, 0) is 12.3 Å². The maximum atomic E-state index is 11.3. The number of carboxylic acid groups (broad SMARTS) is 1. The molecule has 16 heavy (non-hydrogen) atoms. The first-order valence-electron chi connectivity index (χ1n) is 5.10. The SMILES string of the molecule is CC(=O)OC(C(C)=O)[C@H]1[C@@H](C(=O)O)C1(C)C. The third-order valence-electron chi connectivity index (χ3n) is 3.20. The molecule has 0 heterocycles. The molecule has 0 amide bonds. The number of esters is 1. The van der Waals surface area contributed by atoms with Gasteiger partial charge in [0.05, 0.1) is 5.92 Å². The Bertz CT molecular complexity index is 344. The van der Waals surface area contributed by atoms with Crippen molar-refractivity contribution < 1.29 is 24.2 Å². The Morgan fingerprint density at radius 1 is 1.25 bits per heavy atom. The molecule has 1 saturated carbocycles. The number of Topliss-reactive ketones (excluding diaryl/α,β-unsaturated/α-hetero) is 1. The summed E-state index contributed by atoms with van der Waals surface area (Å²) in [7, 11) is 0. The highest BCUT2D eigenvalue weighted by Crippen LogP contribution is 2.60. The summed E-state index contributed by atoms with van der Waals surface area (Å²) in [6.45, 7) is 6.04. The summed E-state index contributed by atoms with van der Waals surface area (Å²) in [6, 6.07) is 0. The second-order valence-corrected chi connectivity index (χ2v) is 4.80. The number of carboxylic acids is 1. The molecule has 5 heteroatoms. The van der Waals surface area contributed by atoms with E-state index in [4.69, 9.17) is 9.84 Å². The van der Waals surface area contributed by atoms with Crippen molar-refractivity contribution in [2.75, 3.05) is 0 Å². The predicted octanol–water partition coefficient (Wildman–Crippen LogP) is 0.864. The van der Waals surface area contributed by atoms with Crippen molar-refractivity contribution in [2.24, 2.45) is 17.3 Å². The summed E-state index contributed by atoms with van der Waals surface area (Å²) in [6.07, 6.45) is -0.936. The van der Waals surface area contributed by atoms with Crippen LogP contribution in [0.4, 0.5) is 0 Å². The normalized spacial score (nSPS) is 28.0. The minimum absolute atomic E-state index is 0.308. The first-order chi connectivity index (χ1) is 7.19. The molecule has 0 aromatic rings. The van der Waals surface area contributed by atoms with Gasteiger partial charge in [-0.2, -0.15) is 0 Å². The number of ether oxygens (including phenoxy) is 1. The van der Waals surface area contributed by atoms with Crippen LogP contribution in [0.5, 0.6) is 0 Å². The van der Waals surface area contributed by atoms with E-state index in [1.807, 2.05) is 0 Å². The molecule has 1 aliphatic rings. The Balaban J connectivity index is 2.86. The van der Waals surface area contributed by atoms with E-state index in [1.165, 1.54) is 13.8 Å². The molecule has 1 rings (SSSR count). The van der Waals surface area contributed by atoms with Gasteiger partial charge in [-0.25, -0.2) is 0 Å². The molecule has 90 valence electrons. The van der Waals surface area contributed by atoms with Crippen LogP contribution in [0.2, 0.25) is 0 Å². The quantitative estimate of drug-likeness (QED) is 0.722. The molecular formula is C11H16O5. The Kier molecular flexibility index (Phi) is 3.08. The van der Waals surface area contributed by atoms with Crippen LogP contribution in [-0.4, -0.2) is 28.9 Å². The summed E-state index contributed by atoms with van der Waals surface area (Å²) in [4.78, 5) is 33.2. The number of carbonyl (C=O) groups excluding carboxylic acids is 2.